The number of carbonyl (C=O) groups is 2. The lowest BCUT2D eigenvalue weighted by Gasteiger charge is -2.11. The molecule has 164 valence electrons. The van der Waals surface area contributed by atoms with Crippen molar-refractivity contribution < 1.29 is 19.1 Å². The molecule has 32 heavy (non-hydrogen) atoms. The molecule has 0 spiro atoms. The monoisotopic (exact) mass is 451 g/mol. The number of methoxy groups -OCH3 is 1. The average molecular weight is 452 g/mol. The summed E-state index contributed by atoms with van der Waals surface area (Å²) in [6.45, 7) is 2.24. The summed E-state index contributed by atoms with van der Waals surface area (Å²) in [5.41, 5.74) is 5.16. The van der Waals surface area contributed by atoms with E-state index < -0.39 is 11.8 Å². The van der Waals surface area contributed by atoms with Crippen LogP contribution in [0.1, 0.15) is 16.7 Å². The highest BCUT2D eigenvalue weighted by molar-refractivity contribution is 6.39. The standard InChI is InChI=1S/C24H22ClN3O4/c1-16-8-10-19(13-20(16)25)27-23(29)24(30)28-26-14-18-9-11-21(22(12-18)31-2)32-15-17-6-4-3-5-7-17/h3-14H,15H2,1-2H3,(H,27,29)(H,28,30)/b26-14-. The fourth-order valence-electron chi connectivity index (χ4n) is 2.69. The molecule has 3 aromatic rings. The Balaban J connectivity index is 1.56. The molecule has 3 rings (SSSR count). The Morgan fingerprint density at radius 1 is 1.00 bits per heavy atom. The van der Waals surface area contributed by atoms with Crippen LogP contribution in [-0.2, 0) is 16.2 Å². The second-order valence-electron chi connectivity index (χ2n) is 6.80. The number of carbonyl (C=O) groups excluding carboxylic acids is 2. The lowest BCUT2D eigenvalue weighted by atomic mass is 10.2. The van der Waals surface area contributed by atoms with Crippen LogP contribution in [0.3, 0.4) is 0 Å². The molecule has 2 N–H and O–H groups in total. The van der Waals surface area contributed by atoms with E-state index >= 15 is 0 Å². The molecule has 0 fully saturated rings. The van der Waals surface area contributed by atoms with Crippen molar-refractivity contribution in [3.05, 3.63) is 88.4 Å². The molecular formula is C24H22ClN3O4. The van der Waals surface area contributed by atoms with Crippen molar-refractivity contribution in [3.63, 3.8) is 0 Å². The first-order chi connectivity index (χ1) is 15.5. The smallest absolute Gasteiger partial charge is 0.329 e. The fraction of sp³-hybridized carbons (Fsp3) is 0.125. The van der Waals surface area contributed by atoms with Gasteiger partial charge in [-0.2, -0.15) is 5.10 Å². The maximum atomic E-state index is 12.0. The first kappa shape index (κ1) is 22.8. The van der Waals surface area contributed by atoms with Crippen LogP contribution in [0.15, 0.2) is 71.8 Å². The van der Waals surface area contributed by atoms with Gasteiger partial charge in [0.05, 0.1) is 13.3 Å². The van der Waals surface area contributed by atoms with Gasteiger partial charge < -0.3 is 14.8 Å². The third-order valence-electron chi connectivity index (χ3n) is 4.44. The number of aryl methyl sites for hydroxylation is 1. The number of anilines is 1. The van der Waals surface area contributed by atoms with Crippen LogP contribution < -0.4 is 20.2 Å². The number of benzene rings is 3. The summed E-state index contributed by atoms with van der Waals surface area (Å²) in [7, 11) is 1.54. The van der Waals surface area contributed by atoms with Crippen LogP contribution in [0.5, 0.6) is 11.5 Å². The maximum absolute atomic E-state index is 12.0. The Labute approximate surface area is 191 Å². The largest absolute Gasteiger partial charge is 0.493 e. The van der Waals surface area contributed by atoms with Crippen molar-refractivity contribution in [1.29, 1.82) is 0 Å². The van der Waals surface area contributed by atoms with Crippen molar-refractivity contribution in [2.75, 3.05) is 12.4 Å². The van der Waals surface area contributed by atoms with E-state index in [1.165, 1.54) is 13.3 Å². The topological polar surface area (TPSA) is 89.0 Å². The molecular weight excluding hydrogens is 430 g/mol. The Hall–Kier alpha value is -3.84. The van der Waals surface area contributed by atoms with Gasteiger partial charge in [0.15, 0.2) is 11.5 Å². The number of rotatable bonds is 7. The van der Waals surface area contributed by atoms with E-state index in [1.54, 1.807) is 36.4 Å². The van der Waals surface area contributed by atoms with Crippen LogP contribution >= 0.6 is 11.6 Å². The molecule has 0 aliphatic rings. The van der Waals surface area contributed by atoms with Gasteiger partial charge in [-0.25, -0.2) is 5.43 Å². The molecule has 7 nitrogen and oxygen atoms in total. The van der Waals surface area contributed by atoms with Crippen molar-refractivity contribution in [3.8, 4) is 11.5 Å². The summed E-state index contributed by atoms with van der Waals surface area (Å²) < 4.78 is 11.2. The molecule has 3 aromatic carbocycles. The molecule has 2 amide bonds. The Morgan fingerprint density at radius 3 is 2.50 bits per heavy atom. The van der Waals surface area contributed by atoms with Crippen molar-refractivity contribution in [2.24, 2.45) is 5.10 Å². The van der Waals surface area contributed by atoms with E-state index in [2.05, 4.69) is 15.8 Å². The molecule has 0 bridgehead atoms. The van der Waals surface area contributed by atoms with E-state index in [-0.39, 0.29) is 0 Å². The van der Waals surface area contributed by atoms with Gasteiger partial charge in [-0.1, -0.05) is 48.0 Å². The number of ether oxygens (including phenoxy) is 2. The van der Waals surface area contributed by atoms with Crippen molar-refractivity contribution in [1.82, 2.24) is 5.43 Å². The van der Waals surface area contributed by atoms with Crippen molar-refractivity contribution >= 4 is 35.3 Å². The fourth-order valence-corrected chi connectivity index (χ4v) is 2.87. The zero-order chi connectivity index (χ0) is 22.9. The number of hydrogen-bond acceptors (Lipinski definition) is 5. The number of halogens is 1. The second kappa shape index (κ2) is 11.0. The van der Waals surface area contributed by atoms with E-state index in [9.17, 15) is 9.59 Å². The zero-order valence-corrected chi connectivity index (χ0v) is 18.3. The van der Waals surface area contributed by atoms with Crippen LogP contribution in [0.2, 0.25) is 5.02 Å². The molecule has 8 heteroatoms. The highest BCUT2D eigenvalue weighted by Gasteiger charge is 2.13. The SMILES string of the molecule is COc1cc(/C=N\NC(=O)C(=O)Nc2ccc(C)c(Cl)c2)ccc1OCc1ccccc1. The van der Waals surface area contributed by atoms with Crippen LogP contribution in [0.25, 0.3) is 0 Å². The average Bonchev–Trinajstić information content (AvgIpc) is 2.81. The van der Waals surface area contributed by atoms with Gasteiger partial charge in [-0.3, -0.25) is 9.59 Å². The Bertz CT molecular complexity index is 1130. The quantitative estimate of drug-likeness (QED) is 0.318. The Morgan fingerprint density at radius 2 is 1.78 bits per heavy atom. The third-order valence-corrected chi connectivity index (χ3v) is 4.85. The van der Waals surface area contributed by atoms with Gasteiger partial charge in [0, 0.05) is 10.7 Å². The molecule has 0 atom stereocenters. The molecule has 0 heterocycles. The number of hydrogen-bond donors (Lipinski definition) is 2. The van der Waals surface area contributed by atoms with Gasteiger partial charge >= 0.3 is 11.8 Å². The summed E-state index contributed by atoms with van der Waals surface area (Å²) in [4.78, 5) is 24.0. The summed E-state index contributed by atoms with van der Waals surface area (Å²) >= 11 is 6.02. The van der Waals surface area contributed by atoms with Crippen LogP contribution in [-0.4, -0.2) is 25.1 Å². The lowest BCUT2D eigenvalue weighted by molar-refractivity contribution is -0.136. The number of nitrogens with zero attached hydrogens (tertiary/aromatic N) is 1. The Kier molecular flexibility index (Phi) is 7.83. The lowest BCUT2D eigenvalue weighted by Crippen LogP contribution is -2.32. The number of amides is 2. The minimum Gasteiger partial charge on any atom is -0.493 e. The summed E-state index contributed by atoms with van der Waals surface area (Å²) in [5, 5.41) is 6.78. The predicted octanol–water partition coefficient (Wildman–Crippen LogP) is 4.32. The highest BCUT2D eigenvalue weighted by Crippen LogP contribution is 2.28. The number of hydrazone groups is 1. The predicted molar refractivity (Wildman–Crippen MR) is 124 cm³/mol. The van der Waals surface area contributed by atoms with Gasteiger partial charge in [-0.05, 0) is 53.9 Å². The molecule has 0 saturated heterocycles. The molecule has 0 aliphatic heterocycles. The normalized spacial score (nSPS) is 10.6. The van der Waals surface area contributed by atoms with Gasteiger partial charge in [0.2, 0.25) is 0 Å². The highest BCUT2D eigenvalue weighted by atomic mass is 35.5. The molecule has 0 aromatic heterocycles. The van der Waals surface area contributed by atoms with E-state index in [1.807, 2.05) is 37.3 Å². The second-order valence-corrected chi connectivity index (χ2v) is 7.21. The van der Waals surface area contributed by atoms with E-state index in [4.69, 9.17) is 21.1 Å². The van der Waals surface area contributed by atoms with Crippen LogP contribution in [0, 0.1) is 6.92 Å². The summed E-state index contributed by atoms with van der Waals surface area (Å²) in [6.07, 6.45) is 1.40. The van der Waals surface area contributed by atoms with Gasteiger partial charge in [-0.15, -0.1) is 0 Å². The summed E-state index contributed by atoms with van der Waals surface area (Å²) in [6, 6.07) is 20.0. The number of nitrogens with one attached hydrogen (secondary N) is 2. The minimum absolute atomic E-state index is 0.405. The zero-order valence-electron chi connectivity index (χ0n) is 17.6. The molecule has 0 aliphatic carbocycles. The molecule has 0 saturated carbocycles. The van der Waals surface area contributed by atoms with Gasteiger partial charge in [0.1, 0.15) is 6.61 Å². The molecule has 0 unspecified atom stereocenters. The molecule has 0 radical (unpaired) electrons. The third kappa shape index (κ3) is 6.33. The van der Waals surface area contributed by atoms with Crippen LogP contribution in [0.4, 0.5) is 5.69 Å². The minimum atomic E-state index is -0.910. The van der Waals surface area contributed by atoms with Gasteiger partial charge in [0.25, 0.3) is 0 Å². The first-order valence-electron chi connectivity index (χ1n) is 9.71. The van der Waals surface area contributed by atoms with E-state index in [0.717, 1.165) is 11.1 Å². The first-order valence-corrected chi connectivity index (χ1v) is 10.1. The summed E-state index contributed by atoms with van der Waals surface area (Å²) in [5.74, 6) is -0.670. The van der Waals surface area contributed by atoms with E-state index in [0.29, 0.717) is 34.4 Å². The maximum Gasteiger partial charge on any atom is 0.329 e. The van der Waals surface area contributed by atoms with Crippen molar-refractivity contribution in [2.45, 2.75) is 13.5 Å².